The van der Waals surface area contributed by atoms with E-state index in [0.717, 1.165) is 35.8 Å². The Labute approximate surface area is 134 Å². The van der Waals surface area contributed by atoms with E-state index in [1.54, 1.807) is 7.11 Å². The summed E-state index contributed by atoms with van der Waals surface area (Å²) in [6.45, 7) is 11.3. The van der Waals surface area contributed by atoms with Gasteiger partial charge >= 0.3 is 0 Å². The summed E-state index contributed by atoms with van der Waals surface area (Å²) in [6, 6.07) is 7.04. The summed E-state index contributed by atoms with van der Waals surface area (Å²) in [5.74, 6) is 0. The number of rotatable bonds is 9. The van der Waals surface area contributed by atoms with Crippen LogP contribution in [0.4, 0.5) is 5.69 Å². The van der Waals surface area contributed by atoms with Crippen molar-refractivity contribution in [2.45, 2.75) is 46.2 Å². The van der Waals surface area contributed by atoms with Crippen molar-refractivity contribution in [3.05, 3.63) is 28.8 Å². The first-order valence-electron chi connectivity index (χ1n) is 7.79. The van der Waals surface area contributed by atoms with Gasteiger partial charge in [-0.3, -0.25) is 0 Å². The average Bonchev–Trinajstić information content (AvgIpc) is 2.45. The van der Waals surface area contributed by atoms with Crippen LogP contribution in [0.5, 0.6) is 0 Å². The third kappa shape index (κ3) is 5.50. The summed E-state index contributed by atoms with van der Waals surface area (Å²) >= 11 is 6.49. The van der Waals surface area contributed by atoms with E-state index < -0.39 is 0 Å². The fraction of sp³-hybridized carbons (Fsp3) is 0.647. The van der Waals surface area contributed by atoms with Crippen molar-refractivity contribution in [1.82, 2.24) is 5.32 Å². The zero-order chi connectivity index (χ0) is 15.8. The van der Waals surface area contributed by atoms with E-state index in [2.05, 4.69) is 56.1 Å². The first kappa shape index (κ1) is 18.3. The van der Waals surface area contributed by atoms with Crippen LogP contribution >= 0.6 is 11.6 Å². The minimum absolute atomic E-state index is 0.276. The number of hydrogen-bond donors (Lipinski definition) is 1. The predicted molar refractivity (Wildman–Crippen MR) is 92.5 cm³/mol. The highest BCUT2D eigenvalue weighted by molar-refractivity contribution is 6.31. The van der Waals surface area contributed by atoms with Crippen LogP contribution in [0.15, 0.2) is 18.2 Å². The van der Waals surface area contributed by atoms with Gasteiger partial charge in [0.1, 0.15) is 0 Å². The van der Waals surface area contributed by atoms with Gasteiger partial charge in [-0.2, -0.15) is 0 Å². The van der Waals surface area contributed by atoms with Gasteiger partial charge in [-0.25, -0.2) is 0 Å². The van der Waals surface area contributed by atoms with Crippen LogP contribution in [-0.4, -0.2) is 32.8 Å². The Kier molecular flexibility index (Phi) is 8.09. The van der Waals surface area contributed by atoms with E-state index in [1.165, 1.54) is 0 Å². The molecule has 1 atom stereocenters. The fourth-order valence-electron chi connectivity index (χ4n) is 2.39. The van der Waals surface area contributed by atoms with Gasteiger partial charge in [0.2, 0.25) is 0 Å². The number of benzene rings is 1. The van der Waals surface area contributed by atoms with E-state index in [1.807, 2.05) is 0 Å². The minimum Gasteiger partial charge on any atom is -0.383 e. The van der Waals surface area contributed by atoms with Crippen molar-refractivity contribution >= 4 is 17.3 Å². The van der Waals surface area contributed by atoms with Crippen LogP contribution < -0.4 is 10.2 Å². The number of nitrogens with one attached hydrogen (secondary N) is 1. The maximum Gasteiger partial charge on any atom is 0.0637 e. The van der Waals surface area contributed by atoms with Gasteiger partial charge < -0.3 is 15.0 Å². The molecule has 4 heteroatoms. The molecule has 0 radical (unpaired) electrons. The molecular weight excluding hydrogens is 284 g/mol. The van der Waals surface area contributed by atoms with Gasteiger partial charge in [-0.1, -0.05) is 24.6 Å². The Hall–Kier alpha value is -0.770. The standard InChI is InChI=1S/C17H29ClN2O/c1-6-9-19-14(4)16-8-7-15(12-17(16)18)20(13(2)3)10-11-21-5/h7-8,12-14,19H,6,9-11H2,1-5H3. The molecule has 0 spiro atoms. The zero-order valence-electron chi connectivity index (χ0n) is 13.9. The van der Waals surface area contributed by atoms with Crippen molar-refractivity contribution in [2.24, 2.45) is 0 Å². The second-order valence-electron chi connectivity index (χ2n) is 5.66. The van der Waals surface area contributed by atoms with Crippen molar-refractivity contribution in [2.75, 3.05) is 31.7 Å². The van der Waals surface area contributed by atoms with Crippen LogP contribution in [0.1, 0.15) is 45.7 Å². The van der Waals surface area contributed by atoms with Crippen molar-refractivity contribution in [3.8, 4) is 0 Å². The van der Waals surface area contributed by atoms with Crippen LogP contribution in [0.25, 0.3) is 0 Å². The molecule has 0 aliphatic rings. The van der Waals surface area contributed by atoms with E-state index in [4.69, 9.17) is 16.3 Å². The predicted octanol–water partition coefficient (Wildman–Crippen LogP) is 4.26. The molecule has 0 bridgehead atoms. The lowest BCUT2D eigenvalue weighted by molar-refractivity contribution is 0.204. The summed E-state index contributed by atoms with van der Waals surface area (Å²) in [7, 11) is 1.73. The SMILES string of the molecule is CCCNC(C)c1ccc(N(CCOC)C(C)C)cc1Cl. The van der Waals surface area contributed by atoms with Gasteiger partial charge in [0, 0.05) is 36.4 Å². The molecule has 21 heavy (non-hydrogen) atoms. The smallest absolute Gasteiger partial charge is 0.0637 e. The van der Waals surface area contributed by atoms with E-state index >= 15 is 0 Å². The molecule has 0 aliphatic heterocycles. The van der Waals surface area contributed by atoms with Crippen molar-refractivity contribution in [3.63, 3.8) is 0 Å². The molecule has 0 heterocycles. The van der Waals surface area contributed by atoms with Gasteiger partial charge in [-0.15, -0.1) is 0 Å². The maximum absolute atomic E-state index is 6.49. The van der Waals surface area contributed by atoms with E-state index in [0.29, 0.717) is 12.6 Å². The topological polar surface area (TPSA) is 24.5 Å². The molecule has 0 saturated heterocycles. The quantitative estimate of drug-likeness (QED) is 0.737. The molecule has 0 fully saturated rings. The molecule has 1 rings (SSSR count). The highest BCUT2D eigenvalue weighted by atomic mass is 35.5. The maximum atomic E-state index is 6.49. The third-order valence-corrected chi connectivity index (χ3v) is 3.97. The Balaban J connectivity index is 2.88. The molecule has 1 aromatic rings. The summed E-state index contributed by atoms with van der Waals surface area (Å²) in [5.41, 5.74) is 2.31. The summed E-state index contributed by atoms with van der Waals surface area (Å²) in [5, 5.41) is 4.30. The summed E-state index contributed by atoms with van der Waals surface area (Å²) < 4.78 is 5.20. The Bertz CT molecular complexity index is 423. The first-order chi connectivity index (χ1) is 10.0. The van der Waals surface area contributed by atoms with Crippen LogP contribution in [0.2, 0.25) is 5.02 Å². The molecule has 3 nitrogen and oxygen atoms in total. The lowest BCUT2D eigenvalue weighted by Crippen LogP contribution is -2.33. The van der Waals surface area contributed by atoms with E-state index in [-0.39, 0.29) is 6.04 Å². The van der Waals surface area contributed by atoms with Crippen LogP contribution in [0, 0.1) is 0 Å². The molecule has 1 N–H and O–H groups in total. The highest BCUT2D eigenvalue weighted by Crippen LogP contribution is 2.28. The highest BCUT2D eigenvalue weighted by Gasteiger charge is 2.14. The zero-order valence-corrected chi connectivity index (χ0v) is 14.7. The van der Waals surface area contributed by atoms with Gasteiger partial charge in [0.25, 0.3) is 0 Å². The molecule has 1 unspecified atom stereocenters. The van der Waals surface area contributed by atoms with Crippen LogP contribution in [0.3, 0.4) is 0 Å². The Morgan fingerprint density at radius 3 is 2.52 bits per heavy atom. The monoisotopic (exact) mass is 312 g/mol. The molecule has 120 valence electrons. The largest absolute Gasteiger partial charge is 0.383 e. The number of halogens is 1. The van der Waals surface area contributed by atoms with Gasteiger partial charge in [0.05, 0.1) is 6.61 Å². The normalized spacial score (nSPS) is 12.7. The molecular formula is C17H29ClN2O. The number of anilines is 1. The molecule has 0 aliphatic carbocycles. The minimum atomic E-state index is 0.276. The lowest BCUT2D eigenvalue weighted by atomic mass is 10.1. The Morgan fingerprint density at radius 1 is 1.29 bits per heavy atom. The van der Waals surface area contributed by atoms with Crippen molar-refractivity contribution < 1.29 is 4.74 Å². The number of nitrogens with zero attached hydrogens (tertiary/aromatic N) is 1. The van der Waals surface area contributed by atoms with Gasteiger partial charge in [0.15, 0.2) is 0 Å². The number of ether oxygens (including phenoxy) is 1. The third-order valence-electron chi connectivity index (χ3n) is 3.64. The first-order valence-corrected chi connectivity index (χ1v) is 8.17. The summed E-state index contributed by atoms with van der Waals surface area (Å²) in [4.78, 5) is 2.31. The van der Waals surface area contributed by atoms with Crippen molar-refractivity contribution in [1.29, 1.82) is 0 Å². The molecule has 1 aromatic carbocycles. The molecule has 0 amide bonds. The lowest BCUT2D eigenvalue weighted by Gasteiger charge is -2.29. The van der Waals surface area contributed by atoms with Crippen LogP contribution in [-0.2, 0) is 4.74 Å². The summed E-state index contributed by atoms with van der Waals surface area (Å²) in [6.07, 6.45) is 1.12. The average molecular weight is 313 g/mol. The van der Waals surface area contributed by atoms with Gasteiger partial charge in [-0.05, 0) is 51.4 Å². The Morgan fingerprint density at radius 2 is 2.00 bits per heavy atom. The van der Waals surface area contributed by atoms with E-state index in [9.17, 15) is 0 Å². The number of methoxy groups -OCH3 is 1. The number of hydrogen-bond acceptors (Lipinski definition) is 3. The second-order valence-corrected chi connectivity index (χ2v) is 6.07. The second kappa shape index (κ2) is 9.29. The molecule has 0 saturated carbocycles. The fourth-order valence-corrected chi connectivity index (χ4v) is 2.73. The molecule has 0 aromatic heterocycles.